The zero-order valence-electron chi connectivity index (χ0n) is 15.3. The Morgan fingerprint density at radius 3 is 2.78 bits per heavy atom. The number of halogens is 1. The predicted molar refractivity (Wildman–Crippen MR) is 107 cm³/mol. The fourth-order valence-electron chi connectivity index (χ4n) is 4.09. The van der Waals surface area contributed by atoms with Gasteiger partial charge in [0.05, 0.1) is 12.1 Å². The summed E-state index contributed by atoms with van der Waals surface area (Å²) in [5, 5.41) is 0. The van der Waals surface area contributed by atoms with E-state index in [0.717, 1.165) is 61.9 Å². The molecule has 1 aromatic carbocycles. The first-order valence-electron chi connectivity index (χ1n) is 9.71. The molecular weight excluding hydrogens is 406 g/mol. The molecule has 0 radical (unpaired) electrons. The number of fused-ring (bicyclic) bond motifs is 1. The van der Waals surface area contributed by atoms with Crippen LogP contribution in [0.4, 0.5) is 5.82 Å². The summed E-state index contributed by atoms with van der Waals surface area (Å²) in [5.74, 6) is 0.801. The highest BCUT2D eigenvalue weighted by Crippen LogP contribution is 2.36. The normalized spacial score (nSPS) is 20.6. The molecule has 1 fully saturated rings. The second-order valence-electron chi connectivity index (χ2n) is 7.30. The van der Waals surface area contributed by atoms with Crippen molar-refractivity contribution in [2.45, 2.75) is 44.6 Å². The highest BCUT2D eigenvalue weighted by Gasteiger charge is 2.30. The molecule has 1 saturated heterocycles. The van der Waals surface area contributed by atoms with Crippen LogP contribution in [0.3, 0.4) is 0 Å². The van der Waals surface area contributed by atoms with E-state index in [4.69, 9.17) is 4.74 Å². The topological polar surface area (TPSA) is 55.3 Å². The highest BCUT2D eigenvalue weighted by atomic mass is 79.9. The molecule has 0 spiro atoms. The van der Waals surface area contributed by atoms with E-state index in [2.05, 4.69) is 42.9 Å². The number of piperidine rings is 1. The Morgan fingerprint density at radius 1 is 1.15 bits per heavy atom. The predicted octanol–water partition coefficient (Wildman–Crippen LogP) is 4.47. The summed E-state index contributed by atoms with van der Waals surface area (Å²) < 4.78 is 7.15. The van der Waals surface area contributed by atoms with Crippen LogP contribution in [0.25, 0.3) is 0 Å². The number of aromatic nitrogens is 2. The van der Waals surface area contributed by atoms with Crippen LogP contribution in [-0.2, 0) is 16.0 Å². The third-order valence-corrected chi connectivity index (χ3v) is 6.35. The Kier molecular flexibility index (Phi) is 5.72. The molecule has 142 valence electrons. The minimum atomic E-state index is -0.120. The first-order valence-corrected chi connectivity index (χ1v) is 10.5. The number of benzene rings is 1. The number of rotatable bonds is 3. The molecule has 0 saturated carbocycles. The average molecular weight is 430 g/mol. The fourth-order valence-corrected chi connectivity index (χ4v) is 4.67. The van der Waals surface area contributed by atoms with Gasteiger partial charge in [-0.1, -0.05) is 28.1 Å². The van der Waals surface area contributed by atoms with Gasteiger partial charge in [0, 0.05) is 30.0 Å². The number of anilines is 1. The smallest absolute Gasteiger partial charge is 0.309 e. The molecule has 5 nitrogen and oxygen atoms in total. The highest BCUT2D eigenvalue weighted by molar-refractivity contribution is 9.10. The summed E-state index contributed by atoms with van der Waals surface area (Å²) in [6.45, 7) is 1.62. The van der Waals surface area contributed by atoms with Crippen LogP contribution in [0, 0.1) is 5.92 Å². The van der Waals surface area contributed by atoms with Crippen LogP contribution in [0.1, 0.15) is 49.3 Å². The molecule has 1 aromatic heterocycles. The maximum absolute atomic E-state index is 12.8. The Bertz CT molecular complexity index is 791. The van der Waals surface area contributed by atoms with Gasteiger partial charge < -0.3 is 9.64 Å². The Labute approximate surface area is 168 Å². The van der Waals surface area contributed by atoms with Crippen molar-refractivity contribution >= 4 is 27.7 Å². The van der Waals surface area contributed by atoms with E-state index in [9.17, 15) is 4.79 Å². The first-order chi connectivity index (χ1) is 13.2. The molecule has 2 heterocycles. The Morgan fingerprint density at radius 2 is 2.00 bits per heavy atom. The Balaban J connectivity index is 1.40. The molecule has 2 aliphatic rings. The maximum Gasteiger partial charge on any atom is 0.309 e. The van der Waals surface area contributed by atoms with E-state index in [1.165, 1.54) is 11.1 Å². The average Bonchev–Trinajstić information content (AvgIpc) is 2.92. The molecular formula is C21H24BrN3O2. The van der Waals surface area contributed by atoms with Crippen molar-refractivity contribution in [3.05, 3.63) is 52.4 Å². The SMILES string of the molecule is O=C(OC1CCCCc2c(Br)cccc21)C1CCN(c2cnccn2)CC1. The number of esters is 1. The molecule has 1 aliphatic carbocycles. The molecule has 1 aliphatic heterocycles. The number of hydrogen-bond acceptors (Lipinski definition) is 5. The largest absolute Gasteiger partial charge is 0.457 e. The van der Waals surface area contributed by atoms with Crippen LogP contribution >= 0.6 is 15.9 Å². The summed E-state index contributed by atoms with van der Waals surface area (Å²) in [6.07, 6.45) is 10.8. The molecule has 1 atom stereocenters. The number of hydrogen-bond donors (Lipinski definition) is 0. The zero-order valence-corrected chi connectivity index (χ0v) is 16.9. The first kappa shape index (κ1) is 18.4. The van der Waals surface area contributed by atoms with Crippen LogP contribution in [0.15, 0.2) is 41.3 Å². The van der Waals surface area contributed by atoms with E-state index in [-0.39, 0.29) is 18.0 Å². The van der Waals surface area contributed by atoms with Crippen molar-refractivity contribution in [2.75, 3.05) is 18.0 Å². The lowest BCUT2D eigenvalue weighted by Crippen LogP contribution is -2.37. The van der Waals surface area contributed by atoms with Crippen molar-refractivity contribution in [3.8, 4) is 0 Å². The minimum Gasteiger partial charge on any atom is -0.457 e. The number of carbonyl (C=O) groups excluding carboxylic acids is 1. The standard InChI is InChI=1S/C21H24BrN3O2/c22-18-6-3-5-17-16(18)4-1-2-7-19(17)27-21(26)15-8-12-25(13-9-15)20-14-23-10-11-24-20/h3,5-6,10-11,14-15,19H,1-2,4,7-9,12-13H2. The van der Waals surface area contributed by atoms with Crippen molar-refractivity contribution < 1.29 is 9.53 Å². The summed E-state index contributed by atoms with van der Waals surface area (Å²) in [6, 6.07) is 6.22. The lowest BCUT2D eigenvalue weighted by atomic mass is 9.96. The van der Waals surface area contributed by atoms with Gasteiger partial charge in [0.25, 0.3) is 0 Å². The quantitative estimate of drug-likeness (QED) is 0.532. The van der Waals surface area contributed by atoms with Crippen molar-refractivity contribution in [2.24, 2.45) is 5.92 Å². The van der Waals surface area contributed by atoms with Gasteiger partial charge in [-0.05, 0) is 55.7 Å². The molecule has 0 N–H and O–H groups in total. The van der Waals surface area contributed by atoms with E-state index in [1.807, 2.05) is 6.07 Å². The molecule has 2 aromatic rings. The van der Waals surface area contributed by atoms with Gasteiger partial charge in [-0.2, -0.15) is 0 Å². The van der Waals surface area contributed by atoms with Gasteiger partial charge in [-0.25, -0.2) is 4.98 Å². The second-order valence-corrected chi connectivity index (χ2v) is 8.16. The molecule has 0 bridgehead atoms. The van der Waals surface area contributed by atoms with Gasteiger partial charge in [-0.15, -0.1) is 0 Å². The summed E-state index contributed by atoms with van der Waals surface area (Å²) >= 11 is 3.66. The molecule has 1 unspecified atom stereocenters. The van der Waals surface area contributed by atoms with Crippen LogP contribution < -0.4 is 4.90 Å². The number of nitrogens with zero attached hydrogens (tertiary/aromatic N) is 3. The van der Waals surface area contributed by atoms with Crippen molar-refractivity contribution in [1.82, 2.24) is 9.97 Å². The van der Waals surface area contributed by atoms with Crippen LogP contribution in [0.2, 0.25) is 0 Å². The third-order valence-electron chi connectivity index (χ3n) is 5.61. The van der Waals surface area contributed by atoms with Gasteiger partial charge in [0.15, 0.2) is 0 Å². The van der Waals surface area contributed by atoms with E-state index in [1.54, 1.807) is 18.6 Å². The summed E-state index contributed by atoms with van der Waals surface area (Å²) in [7, 11) is 0. The van der Waals surface area contributed by atoms with Crippen molar-refractivity contribution in [1.29, 1.82) is 0 Å². The lowest BCUT2D eigenvalue weighted by molar-refractivity contribution is -0.155. The zero-order chi connectivity index (χ0) is 18.6. The fraction of sp³-hybridized carbons (Fsp3) is 0.476. The van der Waals surface area contributed by atoms with E-state index >= 15 is 0 Å². The van der Waals surface area contributed by atoms with E-state index < -0.39 is 0 Å². The van der Waals surface area contributed by atoms with Crippen LogP contribution in [0.5, 0.6) is 0 Å². The summed E-state index contributed by atoms with van der Waals surface area (Å²) in [4.78, 5) is 23.5. The monoisotopic (exact) mass is 429 g/mol. The van der Waals surface area contributed by atoms with Crippen molar-refractivity contribution in [3.63, 3.8) is 0 Å². The second kappa shape index (κ2) is 8.38. The third kappa shape index (κ3) is 4.15. The Hall–Kier alpha value is -1.95. The molecule has 4 rings (SSSR count). The molecule has 27 heavy (non-hydrogen) atoms. The van der Waals surface area contributed by atoms with Crippen LogP contribution in [-0.4, -0.2) is 29.0 Å². The lowest BCUT2D eigenvalue weighted by Gasteiger charge is -2.32. The van der Waals surface area contributed by atoms with Gasteiger partial charge >= 0.3 is 5.97 Å². The van der Waals surface area contributed by atoms with Gasteiger partial charge in [0.1, 0.15) is 11.9 Å². The minimum absolute atomic E-state index is 0.0308. The molecule has 6 heteroatoms. The number of ether oxygens (including phenoxy) is 1. The number of carbonyl (C=O) groups is 1. The maximum atomic E-state index is 12.8. The summed E-state index contributed by atoms with van der Waals surface area (Å²) in [5.41, 5.74) is 2.47. The molecule has 0 amide bonds. The van der Waals surface area contributed by atoms with Gasteiger partial charge in [0.2, 0.25) is 0 Å². The van der Waals surface area contributed by atoms with E-state index in [0.29, 0.717) is 0 Å². The van der Waals surface area contributed by atoms with Gasteiger partial charge in [-0.3, -0.25) is 9.78 Å².